The normalized spacial score (nSPS) is 13.3. The van der Waals surface area contributed by atoms with Crippen molar-refractivity contribution in [1.82, 2.24) is 0 Å². The maximum Gasteiger partial charge on any atom is 0.340 e. The molecule has 1 spiro atoms. The lowest BCUT2D eigenvalue weighted by Gasteiger charge is -2.36. The van der Waals surface area contributed by atoms with Crippen molar-refractivity contribution in [3.8, 4) is 23.0 Å². The molecule has 2 aliphatic heterocycles. The summed E-state index contributed by atoms with van der Waals surface area (Å²) in [6.45, 7) is 0.629. The van der Waals surface area contributed by atoms with Crippen LogP contribution in [0, 0.1) is 20.2 Å². The summed E-state index contributed by atoms with van der Waals surface area (Å²) >= 11 is 0. The standard InChI is InChI=1S/C20H12O5.C14H12N2O5/c21-11-5-7-15-17(9-11)24-18-10-12(22)6-8-16(18)20(15)14-4-2-1-3-13(14)19(23)25-20;17-15(18)13-5-1-11(2-6-13)9-21-10-12-3-7-14(8-4-12)16(19)20/h1-10,21-22H;1-8H,9-10H2. The third-order valence-corrected chi connectivity index (χ3v) is 7.51. The Kier molecular flexibility index (Phi) is 7.78. The SMILES string of the molecule is O=C1OC2(c3ccc(O)cc3Oc3cc(O)ccc32)c2ccccc21.O=[N+]([O-])c1ccc(COCc2ccc([N+](=O)[O-])cc2)cc1. The number of phenols is 2. The fourth-order valence-electron chi connectivity index (χ4n) is 5.37. The highest BCUT2D eigenvalue weighted by molar-refractivity contribution is 5.97. The van der Waals surface area contributed by atoms with E-state index in [1.807, 2.05) is 12.1 Å². The molecule has 7 rings (SSSR count). The highest BCUT2D eigenvalue weighted by Crippen LogP contribution is 2.56. The van der Waals surface area contributed by atoms with Gasteiger partial charge in [-0.2, -0.15) is 0 Å². The van der Waals surface area contributed by atoms with Crippen molar-refractivity contribution >= 4 is 17.3 Å². The Balaban J connectivity index is 0.000000165. The van der Waals surface area contributed by atoms with Crippen molar-refractivity contribution in [3.63, 3.8) is 0 Å². The molecule has 0 fully saturated rings. The van der Waals surface area contributed by atoms with Crippen molar-refractivity contribution < 1.29 is 39.1 Å². The summed E-state index contributed by atoms with van der Waals surface area (Å²) in [6.07, 6.45) is 0. The van der Waals surface area contributed by atoms with E-state index in [4.69, 9.17) is 14.2 Å². The van der Waals surface area contributed by atoms with Gasteiger partial charge in [0.1, 0.15) is 23.0 Å². The Morgan fingerprint density at radius 2 is 1.13 bits per heavy atom. The second kappa shape index (κ2) is 12.0. The topological polar surface area (TPSA) is 172 Å². The van der Waals surface area contributed by atoms with Gasteiger partial charge in [-0.1, -0.05) is 18.2 Å². The maximum atomic E-state index is 12.5. The lowest BCUT2D eigenvalue weighted by atomic mass is 9.77. The molecule has 0 saturated heterocycles. The second-order valence-corrected chi connectivity index (χ2v) is 10.4. The summed E-state index contributed by atoms with van der Waals surface area (Å²) in [5.41, 5.74) is 3.00. The fourth-order valence-corrected chi connectivity index (χ4v) is 5.37. The molecule has 46 heavy (non-hydrogen) atoms. The summed E-state index contributed by atoms with van der Waals surface area (Å²) < 4.78 is 17.2. The number of fused-ring (bicyclic) bond motifs is 6. The number of esters is 1. The quantitative estimate of drug-likeness (QED) is 0.116. The maximum absolute atomic E-state index is 12.5. The van der Waals surface area contributed by atoms with Crippen LogP contribution in [0.3, 0.4) is 0 Å². The van der Waals surface area contributed by atoms with E-state index >= 15 is 0 Å². The smallest absolute Gasteiger partial charge is 0.340 e. The minimum absolute atomic E-state index is 0.0362. The van der Waals surface area contributed by atoms with Crippen LogP contribution in [0.15, 0.2) is 109 Å². The van der Waals surface area contributed by atoms with Gasteiger partial charge in [-0.15, -0.1) is 0 Å². The number of nitro groups is 2. The van der Waals surface area contributed by atoms with Gasteiger partial charge in [-0.3, -0.25) is 20.2 Å². The minimum Gasteiger partial charge on any atom is -0.508 e. The molecule has 0 amide bonds. The molecule has 0 atom stereocenters. The van der Waals surface area contributed by atoms with Crippen LogP contribution < -0.4 is 4.74 Å². The van der Waals surface area contributed by atoms with Gasteiger partial charge in [-0.05, 0) is 65.7 Å². The number of carbonyl (C=O) groups is 1. The van der Waals surface area contributed by atoms with Gasteiger partial charge < -0.3 is 24.4 Å². The Morgan fingerprint density at radius 3 is 1.61 bits per heavy atom. The van der Waals surface area contributed by atoms with Crippen LogP contribution >= 0.6 is 0 Å². The highest BCUT2D eigenvalue weighted by Gasteiger charge is 2.53. The van der Waals surface area contributed by atoms with Crippen LogP contribution in [0.1, 0.15) is 38.2 Å². The molecule has 0 saturated carbocycles. The van der Waals surface area contributed by atoms with E-state index in [1.165, 1.54) is 48.5 Å². The van der Waals surface area contributed by atoms with E-state index < -0.39 is 21.4 Å². The van der Waals surface area contributed by atoms with Gasteiger partial charge in [0.05, 0.1) is 28.6 Å². The van der Waals surface area contributed by atoms with Crippen LogP contribution in [0.5, 0.6) is 23.0 Å². The minimum atomic E-state index is -1.17. The van der Waals surface area contributed by atoms with Gasteiger partial charge in [0.2, 0.25) is 0 Å². The summed E-state index contributed by atoms with van der Waals surface area (Å²) in [5, 5.41) is 40.7. The molecule has 0 bridgehead atoms. The molecule has 0 aliphatic carbocycles. The van der Waals surface area contributed by atoms with Crippen molar-refractivity contribution in [2.24, 2.45) is 0 Å². The summed E-state index contributed by atoms with van der Waals surface area (Å²) in [5.74, 6) is 0.408. The number of nitrogens with zero attached hydrogens (tertiary/aromatic N) is 2. The zero-order valence-corrected chi connectivity index (χ0v) is 23.9. The van der Waals surface area contributed by atoms with Gasteiger partial charge in [-0.25, -0.2) is 4.79 Å². The van der Waals surface area contributed by atoms with Crippen LogP contribution in [0.2, 0.25) is 0 Å². The van der Waals surface area contributed by atoms with Crippen molar-refractivity contribution in [2.75, 3.05) is 0 Å². The monoisotopic (exact) mass is 620 g/mol. The van der Waals surface area contributed by atoms with E-state index in [0.717, 1.165) is 11.1 Å². The molecule has 0 unspecified atom stereocenters. The third-order valence-electron chi connectivity index (χ3n) is 7.51. The van der Waals surface area contributed by atoms with Gasteiger partial charge in [0.15, 0.2) is 5.60 Å². The number of phenolic OH excluding ortho intramolecular Hbond substituents is 2. The lowest BCUT2D eigenvalue weighted by molar-refractivity contribution is -0.385. The lowest BCUT2D eigenvalue weighted by Crippen LogP contribution is -2.32. The number of aromatic hydroxyl groups is 2. The molecule has 2 heterocycles. The van der Waals surface area contributed by atoms with Crippen molar-refractivity contribution in [3.05, 3.63) is 163 Å². The Hall–Kier alpha value is -6.27. The van der Waals surface area contributed by atoms with E-state index in [2.05, 4.69) is 0 Å². The Bertz CT molecular complexity index is 1860. The van der Waals surface area contributed by atoms with Crippen LogP contribution in [0.25, 0.3) is 0 Å². The summed E-state index contributed by atoms with van der Waals surface area (Å²) in [7, 11) is 0. The molecule has 2 aliphatic rings. The third kappa shape index (κ3) is 5.55. The number of ether oxygens (including phenoxy) is 3. The van der Waals surface area contributed by atoms with Gasteiger partial charge >= 0.3 is 5.97 Å². The Morgan fingerprint density at radius 1 is 0.652 bits per heavy atom. The Labute approximate surface area is 261 Å². The fraction of sp³-hybridized carbons (Fsp3) is 0.0882. The highest BCUT2D eigenvalue weighted by atomic mass is 16.6. The van der Waals surface area contributed by atoms with E-state index in [0.29, 0.717) is 47.0 Å². The second-order valence-electron chi connectivity index (χ2n) is 10.4. The van der Waals surface area contributed by atoms with E-state index in [1.54, 1.807) is 48.5 Å². The molecule has 5 aromatic rings. The average molecular weight is 621 g/mol. The molecule has 0 radical (unpaired) electrons. The first kappa shape index (κ1) is 29.8. The summed E-state index contributed by atoms with van der Waals surface area (Å²) in [6, 6.07) is 28.8. The number of benzene rings is 5. The molecule has 0 aromatic heterocycles. The zero-order chi connectivity index (χ0) is 32.4. The molecular formula is C34H24N2O10. The zero-order valence-electron chi connectivity index (χ0n) is 23.9. The number of non-ortho nitro benzene ring substituents is 2. The van der Waals surface area contributed by atoms with Crippen LogP contribution in [0.4, 0.5) is 11.4 Å². The molecule has 12 nitrogen and oxygen atoms in total. The van der Waals surface area contributed by atoms with Crippen LogP contribution in [-0.2, 0) is 28.3 Å². The molecule has 5 aromatic carbocycles. The largest absolute Gasteiger partial charge is 0.508 e. The predicted molar refractivity (Wildman–Crippen MR) is 163 cm³/mol. The average Bonchev–Trinajstić information content (AvgIpc) is 3.34. The molecular weight excluding hydrogens is 596 g/mol. The first-order chi connectivity index (χ1) is 22.2. The summed E-state index contributed by atoms with van der Waals surface area (Å²) in [4.78, 5) is 32.6. The first-order valence-corrected chi connectivity index (χ1v) is 13.9. The number of hydrogen-bond acceptors (Lipinski definition) is 10. The molecule has 230 valence electrons. The van der Waals surface area contributed by atoms with Crippen LogP contribution in [-0.4, -0.2) is 26.0 Å². The number of nitro benzene ring substituents is 2. The number of rotatable bonds is 6. The van der Waals surface area contributed by atoms with Crippen molar-refractivity contribution in [2.45, 2.75) is 18.8 Å². The van der Waals surface area contributed by atoms with Crippen molar-refractivity contribution in [1.29, 1.82) is 0 Å². The predicted octanol–water partition coefficient (Wildman–Crippen LogP) is 6.89. The molecule has 2 N–H and O–H groups in total. The van der Waals surface area contributed by atoms with Gasteiger partial charge in [0.25, 0.3) is 11.4 Å². The van der Waals surface area contributed by atoms with Gasteiger partial charge in [0, 0.05) is 53.1 Å². The van der Waals surface area contributed by atoms with E-state index in [-0.39, 0.29) is 22.9 Å². The molecule has 12 heteroatoms. The number of carbonyl (C=O) groups excluding carboxylic acids is 1. The van der Waals surface area contributed by atoms with E-state index in [9.17, 15) is 35.2 Å². The first-order valence-electron chi connectivity index (χ1n) is 13.9. The number of hydrogen-bond donors (Lipinski definition) is 2.